The molecule has 3 aromatic heterocycles. The fourth-order valence-electron chi connectivity index (χ4n) is 5.91. The van der Waals surface area contributed by atoms with E-state index in [1.165, 1.54) is 0 Å². The Hall–Kier alpha value is -3.48. The number of fused-ring (bicyclic) bond motifs is 1. The normalized spacial score (nSPS) is 18.4. The van der Waals surface area contributed by atoms with Crippen LogP contribution in [0.5, 0.6) is 0 Å². The predicted molar refractivity (Wildman–Crippen MR) is 136 cm³/mol. The maximum absolute atomic E-state index is 15.8. The van der Waals surface area contributed by atoms with E-state index in [1.807, 2.05) is 55.1 Å². The summed E-state index contributed by atoms with van der Waals surface area (Å²) in [7, 11) is 0. The van der Waals surface area contributed by atoms with Crippen LogP contribution in [0.2, 0.25) is 0 Å². The summed E-state index contributed by atoms with van der Waals surface area (Å²) >= 11 is 0. The van der Waals surface area contributed by atoms with Crippen LogP contribution in [0, 0.1) is 13.8 Å². The lowest BCUT2D eigenvalue weighted by atomic mass is 9.86. The van der Waals surface area contributed by atoms with Gasteiger partial charge >= 0.3 is 5.97 Å². The fourth-order valence-corrected chi connectivity index (χ4v) is 5.91. The molecular formula is C29H30FN3O3. The third-order valence-corrected chi connectivity index (χ3v) is 8.15. The summed E-state index contributed by atoms with van der Waals surface area (Å²) in [4.78, 5) is 16.6. The van der Waals surface area contributed by atoms with Crippen molar-refractivity contribution in [2.24, 2.45) is 0 Å². The molecule has 0 radical (unpaired) electrons. The second-order valence-electron chi connectivity index (χ2n) is 10.6. The van der Waals surface area contributed by atoms with Crippen molar-refractivity contribution in [3.05, 3.63) is 59.7 Å². The van der Waals surface area contributed by atoms with Crippen molar-refractivity contribution >= 4 is 17.0 Å². The highest BCUT2D eigenvalue weighted by Crippen LogP contribution is 2.49. The van der Waals surface area contributed by atoms with Gasteiger partial charge < -0.3 is 14.2 Å². The lowest BCUT2D eigenvalue weighted by Crippen LogP contribution is -2.31. The molecule has 0 bridgehead atoms. The molecule has 0 atom stereocenters. The van der Waals surface area contributed by atoms with E-state index in [0.717, 1.165) is 69.6 Å². The average Bonchev–Trinajstić information content (AvgIpc) is 3.53. The van der Waals surface area contributed by atoms with Crippen molar-refractivity contribution in [2.45, 2.75) is 76.4 Å². The van der Waals surface area contributed by atoms with E-state index < -0.39 is 17.1 Å². The molecule has 0 saturated heterocycles. The molecule has 3 heterocycles. The SMILES string of the molecule is Cc1noc(C)c1-c1cnc2c(-c3ccc(C4(C(=O)O)CC4)cc3)cn(CC3(F)CCCCC3)c2c1. The van der Waals surface area contributed by atoms with Gasteiger partial charge in [-0.1, -0.05) is 48.7 Å². The van der Waals surface area contributed by atoms with Gasteiger partial charge in [0.1, 0.15) is 11.4 Å². The largest absolute Gasteiger partial charge is 0.481 e. The van der Waals surface area contributed by atoms with Gasteiger partial charge in [0.05, 0.1) is 28.7 Å². The zero-order chi connectivity index (χ0) is 25.1. The highest BCUT2D eigenvalue weighted by Gasteiger charge is 2.51. The Bertz CT molecular complexity index is 1440. The first kappa shape index (κ1) is 23.0. The Morgan fingerprint density at radius 2 is 1.81 bits per heavy atom. The molecule has 7 heteroatoms. The molecule has 4 aromatic rings. The average molecular weight is 488 g/mol. The Kier molecular flexibility index (Phi) is 5.28. The number of carboxylic acids is 1. The van der Waals surface area contributed by atoms with Gasteiger partial charge in [0.25, 0.3) is 0 Å². The van der Waals surface area contributed by atoms with Crippen LogP contribution in [0.15, 0.2) is 47.2 Å². The number of carboxylic acid groups (broad SMARTS) is 1. The number of aryl methyl sites for hydroxylation is 2. The van der Waals surface area contributed by atoms with Crippen LogP contribution in [0.1, 0.15) is 62.0 Å². The minimum atomic E-state index is -1.23. The highest BCUT2D eigenvalue weighted by molar-refractivity contribution is 5.95. The van der Waals surface area contributed by atoms with E-state index in [2.05, 4.69) is 11.2 Å². The van der Waals surface area contributed by atoms with Gasteiger partial charge in [0, 0.05) is 29.1 Å². The number of hydrogen-bond acceptors (Lipinski definition) is 4. The van der Waals surface area contributed by atoms with Crippen LogP contribution in [-0.4, -0.2) is 31.5 Å². The van der Waals surface area contributed by atoms with Crippen LogP contribution in [-0.2, 0) is 16.8 Å². The summed E-state index contributed by atoms with van der Waals surface area (Å²) in [5, 5.41) is 13.7. The number of rotatable bonds is 6. The molecular weight excluding hydrogens is 457 g/mol. The standard InChI is InChI=1S/C29H30FN3O3/c1-18-25(19(2)36-32-18)21-14-24-26(31-15-21)23(16-33(24)17-28(30)10-4-3-5-11-28)20-6-8-22(9-7-20)29(12-13-29)27(34)35/h6-9,14-16H,3-5,10-13,17H2,1-2H3,(H,34,35). The summed E-state index contributed by atoms with van der Waals surface area (Å²) in [6.45, 7) is 4.08. The van der Waals surface area contributed by atoms with Crippen molar-refractivity contribution < 1.29 is 18.8 Å². The van der Waals surface area contributed by atoms with Gasteiger partial charge in [-0.25, -0.2) is 4.39 Å². The third-order valence-electron chi connectivity index (χ3n) is 8.15. The third kappa shape index (κ3) is 3.72. The Morgan fingerprint density at radius 1 is 1.08 bits per heavy atom. The van der Waals surface area contributed by atoms with E-state index in [1.54, 1.807) is 0 Å². The molecule has 6 nitrogen and oxygen atoms in total. The number of alkyl halides is 1. The summed E-state index contributed by atoms with van der Waals surface area (Å²) in [5.74, 6) is -0.0367. The van der Waals surface area contributed by atoms with Crippen molar-refractivity contribution in [1.82, 2.24) is 14.7 Å². The first-order valence-corrected chi connectivity index (χ1v) is 12.8. The zero-order valence-corrected chi connectivity index (χ0v) is 20.7. The van der Waals surface area contributed by atoms with Crippen LogP contribution < -0.4 is 0 Å². The smallest absolute Gasteiger partial charge is 0.314 e. The molecule has 0 spiro atoms. The van der Waals surface area contributed by atoms with Gasteiger partial charge in [-0.05, 0) is 56.7 Å². The minimum absolute atomic E-state index is 0.288. The number of nitrogens with zero attached hydrogens (tertiary/aromatic N) is 3. The molecule has 2 saturated carbocycles. The van der Waals surface area contributed by atoms with Crippen molar-refractivity contribution in [3.8, 4) is 22.3 Å². The highest BCUT2D eigenvalue weighted by atomic mass is 19.1. The van der Waals surface area contributed by atoms with Gasteiger partial charge in [-0.15, -0.1) is 0 Å². The van der Waals surface area contributed by atoms with Gasteiger partial charge in [0.2, 0.25) is 0 Å². The molecule has 0 unspecified atom stereocenters. The summed E-state index contributed by atoms with van der Waals surface area (Å²) < 4.78 is 23.2. The van der Waals surface area contributed by atoms with Gasteiger partial charge in [-0.3, -0.25) is 9.78 Å². The fraction of sp³-hybridized carbons (Fsp3) is 0.414. The number of aromatic nitrogens is 3. The molecule has 36 heavy (non-hydrogen) atoms. The Morgan fingerprint density at radius 3 is 2.42 bits per heavy atom. The topological polar surface area (TPSA) is 81.2 Å². The van der Waals surface area contributed by atoms with E-state index >= 15 is 4.39 Å². The monoisotopic (exact) mass is 487 g/mol. The first-order valence-electron chi connectivity index (χ1n) is 12.8. The molecule has 2 fully saturated rings. The Labute approximate surface area is 209 Å². The minimum Gasteiger partial charge on any atom is -0.481 e. The van der Waals surface area contributed by atoms with Gasteiger partial charge in [0.15, 0.2) is 0 Å². The number of halogens is 1. The molecule has 0 aliphatic heterocycles. The second-order valence-corrected chi connectivity index (χ2v) is 10.6. The second kappa shape index (κ2) is 8.29. The quantitative estimate of drug-likeness (QED) is 0.325. The number of hydrogen-bond donors (Lipinski definition) is 1. The van der Waals surface area contributed by atoms with Crippen molar-refractivity contribution in [2.75, 3.05) is 0 Å². The number of pyridine rings is 1. The van der Waals surface area contributed by atoms with Crippen LogP contribution in [0.3, 0.4) is 0 Å². The molecule has 1 N–H and O–H groups in total. The summed E-state index contributed by atoms with van der Waals surface area (Å²) in [6.07, 6.45) is 9.24. The number of aliphatic carboxylic acids is 1. The van der Waals surface area contributed by atoms with Crippen molar-refractivity contribution in [1.29, 1.82) is 0 Å². The van der Waals surface area contributed by atoms with Crippen LogP contribution in [0.25, 0.3) is 33.3 Å². The molecule has 1 aromatic carbocycles. The maximum Gasteiger partial charge on any atom is 0.314 e. The lowest BCUT2D eigenvalue weighted by Gasteiger charge is -2.30. The molecule has 2 aliphatic carbocycles. The lowest BCUT2D eigenvalue weighted by molar-refractivity contribution is -0.140. The van der Waals surface area contributed by atoms with E-state index in [-0.39, 0.29) is 6.54 Å². The first-order chi connectivity index (χ1) is 17.3. The van der Waals surface area contributed by atoms with Crippen molar-refractivity contribution in [3.63, 3.8) is 0 Å². The van der Waals surface area contributed by atoms with Crippen LogP contribution >= 0.6 is 0 Å². The summed E-state index contributed by atoms with van der Waals surface area (Å²) in [5.41, 5.74) is 5.01. The molecule has 0 amide bonds. The molecule has 186 valence electrons. The van der Waals surface area contributed by atoms with E-state index in [9.17, 15) is 9.90 Å². The van der Waals surface area contributed by atoms with E-state index in [0.29, 0.717) is 25.7 Å². The Balaban J connectivity index is 1.46. The predicted octanol–water partition coefficient (Wildman–Crippen LogP) is 6.76. The summed E-state index contributed by atoms with van der Waals surface area (Å²) in [6, 6.07) is 9.81. The molecule has 2 aliphatic rings. The van der Waals surface area contributed by atoms with Gasteiger partial charge in [-0.2, -0.15) is 0 Å². The number of carbonyl (C=O) groups is 1. The van der Waals surface area contributed by atoms with E-state index in [4.69, 9.17) is 9.51 Å². The zero-order valence-electron chi connectivity index (χ0n) is 20.7. The van der Waals surface area contributed by atoms with Crippen LogP contribution in [0.4, 0.5) is 4.39 Å². The maximum atomic E-state index is 15.8. The number of benzene rings is 1. The molecule has 6 rings (SSSR count).